The zero-order valence-electron chi connectivity index (χ0n) is 14.4. The summed E-state index contributed by atoms with van der Waals surface area (Å²) >= 11 is 0. The van der Waals surface area contributed by atoms with Crippen LogP contribution in [0.4, 0.5) is 6.01 Å². The highest BCUT2D eigenvalue weighted by Gasteiger charge is 2.16. The van der Waals surface area contributed by atoms with Crippen molar-refractivity contribution in [1.82, 2.24) is 10.2 Å². The lowest BCUT2D eigenvalue weighted by Crippen LogP contribution is -2.07. The minimum atomic E-state index is -0.375. The number of benzene rings is 2. The van der Waals surface area contributed by atoms with Crippen LogP contribution in [0.1, 0.15) is 5.56 Å². The monoisotopic (exact) mass is 361 g/mol. The molecule has 0 saturated carbocycles. The zero-order chi connectivity index (χ0) is 18.6. The first-order chi connectivity index (χ1) is 13.2. The molecule has 0 atom stereocenters. The highest BCUT2D eigenvalue weighted by atomic mass is 16.5. The van der Waals surface area contributed by atoms with Gasteiger partial charge in [0.25, 0.3) is 11.8 Å². The van der Waals surface area contributed by atoms with E-state index in [1.54, 1.807) is 25.3 Å². The van der Waals surface area contributed by atoms with Gasteiger partial charge in [0, 0.05) is 11.5 Å². The Kier molecular flexibility index (Phi) is 4.40. The molecule has 0 spiro atoms. The Hall–Kier alpha value is -3.87. The molecule has 0 aliphatic carbocycles. The van der Waals surface area contributed by atoms with Gasteiger partial charge in [-0.05, 0) is 23.8 Å². The molecule has 27 heavy (non-hydrogen) atoms. The summed E-state index contributed by atoms with van der Waals surface area (Å²) in [6, 6.07) is 16.8. The summed E-state index contributed by atoms with van der Waals surface area (Å²) in [4.78, 5) is 12.0. The Morgan fingerprint density at radius 1 is 1.07 bits per heavy atom. The van der Waals surface area contributed by atoms with Gasteiger partial charge in [0.1, 0.15) is 0 Å². The zero-order valence-corrected chi connectivity index (χ0v) is 14.4. The molecular weight excluding hydrogens is 346 g/mol. The van der Waals surface area contributed by atoms with Crippen molar-refractivity contribution in [2.45, 2.75) is 0 Å². The van der Waals surface area contributed by atoms with Gasteiger partial charge >= 0.3 is 6.01 Å². The van der Waals surface area contributed by atoms with E-state index in [0.29, 0.717) is 17.1 Å². The summed E-state index contributed by atoms with van der Waals surface area (Å²) in [6.45, 7) is 0. The second-order valence-electron chi connectivity index (χ2n) is 5.63. The number of ether oxygens (including phenoxy) is 1. The smallest absolute Gasteiger partial charge is 0.322 e. The predicted octanol–water partition coefficient (Wildman–Crippen LogP) is 4.14. The second-order valence-corrected chi connectivity index (χ2v) is 5.63. The summed E-state index contributed by atoms with van der Waals surface area (Å²) < 4.78 is 16.5. The van der Waals surface area contributed by atoms with Crippen molar-refractivity contribution in [3.63, 3.8) is 0 Å². The van der Waals surface area contributed by atoms with Crippen molar-refractivity contribution in [2.24, 2.45) is 0 Å². The van der Waals surface area contributed by atoms with E-state index >= 15 is 0 Å². The van der Waals surface area contributed by atoms with Crippen LogP contribution >= 0.6 is 0 Å². The Balaban J connectivity index is 1.50. The molecule has 2 aromatic carbocycles. The van der Waals surface area contributed by atoms with Crippen LogP contribution in [-0.2, 0) is 4.79 Å². The SMILES string of the molecule is COc1cccc2cc(-c3nnc(NC(=O)C=Cc4ccccc4)o3)oc12. The number of rotatable bonds is 5. The van der Waals surface area contributed by atoms with Crippen molar-refractivity contribution in [2.75, 3.05) is 12.4 Å². The minimum Gasteiger partial charge on any atom is -0.493 e. The average Bonchev–Trinajstić information content (AvgIpc) is 3.33. The average molecular weight is 361 g/mol. The standard InChI is InChI=1S/C20H15N3O4/c1-25-15-9-5-8-14-12-16(26-18(14)15)19-22-23-20(27-19)21-17(24)11-10-13-6-3-2-4-7-13/h2-12H,1H3,(H,21,23,24). The van der Waals surface area contributed by atoms with Gasteiger partial charge < -0.3 is 13.6 Å². The molecule has 1 N–H and O–H groups in total. The van der Waals surface area contributed by atoms with Crippen molar-refractivity contribution in [1.29, 1.82) is 0 Å². The van der Waals surface area contributed by atoms with Crippen LogP contribution in [0.2, 0.25) is 0 Å². The minimum absolute atomic E-state index is 0.0138. The first-order valence-electron chi connectivity index (χ1n) is 8.17. The fourth-order valence-corrected chi connectivity index (χ4v) is 2.56. The Morgan fingerprint density at radius 2 is 1.93 bits per heavy atom. The third kappa shape index (κ3) is 3.57. The molecule has 0 fully saturated rings. The summed E-state index contributed by atoms with van der Waals surface area (Å²) in [7, 11) is 1.57. The van der Waals surface area contributed by atoms with Crippen molar-refractivity contribution >= 4 is 29.0 Å². The lowest BCUT2D eigenvalue weighted by molar-refractivity contribution is -0.112. The maximum absolute atomic E-state index is 12.0. The van der Waals surface area contributed by atoms with E-state index in [-0.39, 0.29) is 17.8 Å². The fourth-order valence-electron chi connectivity index (χ4n) is 2.56. The van der Waals surface area contributed by atoms with Gasteiger partial charge in [-0.15, -0.1) is 5.10 Å². The summed E-state index contributed by atoms with van der Waals surface area (Å²) in [5, 5.41) is 11.1. The molecule has 134 valence electrons. The Morgan fingerprint density at radius 3 is 2.74 bits per heavy atom. The molecule has 0 aliphatic rings. The number of carbonyl (C=O) groups is 1. The first-order valence-corrected chi connectivity index (χ1v) is 8.17. The maximum atomic E-state index is 12.0. The Bertz CT molecular complexity index is 1110. The molecule has 2 aromatic heterocycles. The molecule has 4 aromatic rings. The van der Waals surface area contributed by atoms with Gasteiger partial charge in [-0.3, -0.25) is 10.1 Å². The van der Waals surface area contributed by atoms with E-state index in [1.165, 1.54) is 6.08 Å². The van der Waals surface area contributed by atoms with Crippen LogP contribution in [-0.4, -0.2) is 23.2 Å². The third-order valence-corrected chi connectivity index (χ3v) is 3.82. The lowest BCUT2D eigenvalue weighted by Gasteiger charge is -1.98. The van der Waals surface area contributed by atoms with Gasteiger partial charge in [0.15, 0.2) is 17.1 Å². The van der Waals surface area contributed by atoms with E-state index in [9.17, 15) is 4.79 Å². The number of carbonyl (C=O) groups excluding carboxylic acids is 1. The molecular formula is C20H15N3O4. The molecule has 1 amide bonds. The van der Waals surface area contributed by atoms with Gasteiger partial charge in [-0.25, -0.2) is 0 Å². The molecule has 7 nitrogen and oxygen atoms in total. The number of methoxy groups -OCH3 is 1. The second kappa shape index (κ2) is 7.17. The number of fused-ring (bicyclic) bond motifs is 1. The highest BCUT2D eigenvalue weighted by molar-refractivity contribution is 6.00. The quantitative estimate of drug-likeness (QED) is 0.537. The molecule has 0 bridgehead atoms. The third-order valence-electron chi connectivity index (χ3n) is 3.82. The number of nitrogens with one attached hydrogen (secondary N) is 1. The molecule has 2 heterocycles. The number of anilines is 1. The van der Waals surface area contributed by atoms with Crippen molar-refractivity contribution in [3.8, 4) is 17.4 Å². The molecule has 0 aliphatic heterocycles. The van der Waals surface area contributed by atoms with E-state index < -0.39 is 0 Å². The molecule has 7 heteroatoms. The van der Waals surface area contributed by atoms with E-state index in [1.807, 2.05) is 42.5 Å². The van der Waals surface area contributed by atoms with E-state index in [0.717, 1.165) is 10.9 Å². The van der Waals surface area contributed by atoms with Crippen molar-refractivity contribution < 1.29 is 18.4 Å². The molecule has 0 radical (unpaired) electrons. The van der Waals surface area contributed by atoms with Crippen LogP contribution in [0.5, 0.6) is 5.75 Å². The number of hydrogen-bond donors (Lipinski definition) is 1. The largest absolute Gasteiger partial charge is 0.493 e. The van der Waals surface area contributed by atoms with E-state index in [4.69, 9.17) is 13.6 Å². The van der Waals surface area contributed by atoms with Crippen molar-refractivity contribution in [3.05, 3.63) is 66.2 Å². The van der Waals surface area contributed by atoms with Crippen LogP contribution < -0.4 is 10.1 Å². The van der Waals surface area contributed by atoms with Gasteiger partial charge in [-0.1, -0.05) is 47.6 Å². The normalized spacial score (nSPS) is 11.1. The highest BCUT2D eigenvalue weighted by Crippen LogP contribution is 2.33. The molecule has 4 rings (SSSR count). The maximum Gasteiger partial charge on any atom is 0.322 e. The fraction of sp³-hybridized carbons (Fsp3) is 0.0500. The number of nitrogens with zero attached hydrogens (tertiary/aromatic N) is 2. The number of aromatic nitrogens is 2. The number of furan rings is 1. The van der Waals surface area contributed by atoms with Gasteiger partial charge in [0.05, 0.1) is 7.11 Å². The lowest BCUT2D eigenvalue weighted by atomic mass is 10.2. The topological polar surface area (TPSA) is 90.4 Å². The van der Waals surface area contributed by atoms with Crippen LogP contribution in [0.25, 0.3) is 28.7 Å². The summed E-state index contributed by atoms with van der Waals surface area (Å²) in [5.74, 6) is 0.788. The Labute approximate surface area is 154 Å². The molecule has 0 unspecified atom stereocenters. The van der Waals surface area contributed by atoms with Crippen LogP contribution in [0, 0.1) is 0 Å². The first kappa shape index (κ1) is 16.6. The molecule has 0 saturated heterocycles. The van der Waals surface area contributed by atoms with Gasteiger partial charge in [0.2, 0.25) is 0 Å². The number of para-hydroxylation sites is 1. The summed E-state index contributed by atoms with van der Waals surface area (Å²) in [6.07, 6.45) is 3.09. The number of hydrogen-bond acceptors (Lipinski definition) is 6. The number of amides is 1. The van der Waals surface area contributed by atoms with E-state index in [2.05, 4.69) is 15.5 Å². The van der Waals surface area contributed by atoms with Gasteiger partial charge in [-0.2, -0.15) is 0 Å². The summed E-state index contributed by atoms with van der Waals surface area (Å²) in [5.41, 5.74) is 1.50. The predicted molar refractivity (Wildman–Crippen MR) is 100 cm³/mol. The van der Waals surface area contributed by atoms with Crippen LogP contribution in [0.15, 0.2) is 69.5 Å². The van der Waals surface area contributed by atoms with Crippen LogP contribution in [0.3, 0.4) is 0 Å².